The number of benzene rings is 3. The van der Waals surface area contributed by atoms with Crippen LogP contribution in [-0.4, -0.2) is 16.3 Å². The second-order valence-corrected chi connectivity index (χ2v) is 7.47. The van der Waals surface area contributed by atoms with E-state index in [-0.39, 0.29) is 13.0 Å². The van der Waals surface area contributed by atoms with E-state index in [1.165, 1.54) is 0 Å². The van der Waals surface area contributed by atoms with Gasteiger partial charge in [-0.2, -0.15) is 0 Å². The third-order valence-electron chi connectivity index (χ3n) is 5.10. The highest BCUT2D eigenvalue weighted by atomic mass is 79.9. The van der Waals surface area contributed by atoms with E-state index < -0.39 is 0 Å². The molecule has 1 N–H and O–H groups in total. The summed E-state index contributed by atoms with van der Waals surface area (Å²) in [5.41, 5.74) is 5.30. The number of aromatic nitrogens is 2. The minimum atomic E-state index is -0.119. The zero-order chi connectivity index (χ0) is 18.0. The Morgan fingerprint density at radius 3 is 2.70 bits per heavy atom. The van der Waals surface area contributed by atoms with Gasteiger partial charge >= 0.3 is 0 Å². The first kappa shape index (κ1) is 15.1. The summed E-state index contributed by atoms with van der Waals surface area (Å²) >= 11 is 3.72. The predicted octanol–water partition coefficient (Wildman–Crippen LogP) is 5.17. The Morgan fingerprint density at radius 2 is 1.78 bits per heavy atom. The highest BCUT2D eigenvalue weighted by Gasteiger charge is 2.30. The second-order valence-electron chi connectivity index (χ2n) is 6.61. The Bertz CT molecular complexity index is 1220. The van der Waals surface area contributed by atoms with Crippen LogP contribution in [0.25, 0.3) is 22.4 Å². The molecule has 2 aliphatic rings. The number of fused-ring (bicyclic) bond motifs is 6. The van der Waals surface area contributed by atoms with Crippen molar-refractivity contribution in [3.63, 3.8) is 0 Å². The van der Waals surface area contributed by atoms with E-state index in [9.17, 15) is 0 Å². The van der Waals surface area contributed by atoms with Gasteiger partial charge in [-0.05, 0) is 36.4 Å². The molecule has 0 bridgehead atoms. The molecular formula is C21H14BrN3O2. The fourth-order valence-electron chi connectivity index (χ4n) is 3.87. The van der Waals surface area contributed by atoms with Crippen molar-refractivity contribution in [3.8, 4) is 22.9 Å². The Balaban J connectivity index is 1.64. The van der Waals surface area contributed by atoms with Gasteiger partial charge in [-0.3, -0.25) is 4.57 Å². The van der Waals surface area contributed by atoms with Crippen molar-refractivity contribution in [3.05, 3.63) is 70.7 Å². The third kappa shape index (κ3) is 2.13. The fourth-order valence-corrected chi connectivity index (χ4v) is 4.41. The summed E-state index contributed by atoms with van der Waals surface area (Å²) in [5, 5.41) is 3.68. The third-order valence-corrected chi connectivity index (χ3v) is 5.79. The molecule has 6 rings (SSSR count). The lowest BCUT2D eigenvalue weighted by molar-refractivity contribution is 0.174. The van der Waals surface area contributed by atoms with Crippen molar-refractivity contribution in [1.29, 1.82) is 0 Å². The van der Waals surface area contributed by atoms with Crippen LogP contribution in [0.1, 0.15) is 11.7 Å². The Labute approximate surface area is 163 Å². The van der Waals surface area contributed by atoms with Gasteiger partial charge in [0.15, 0.2) is 11.5 Å². The lowest BCUT2D eigenvalue weighted by atomic mass is 10.1. The van der Waals surface area contributed by atoms with Crippen molar-refractivity contribution >= 4 is 32.7 Å². The van der Waals surface area contributed by atoms with Gasteiger partial charge in [0, 0.05) is 21.3 Å². The van der Waals surface area contributed by atoms with Gasteiger partial charge in [0.25, 0.3) is 0 Å². The molecule has 4 aromatic rings. The number of hydrogen-bond donors (Lipinski definition) is 1. The van der Waals surface area contributed by atoms with Gasteiger partial charge in [-0.1, -0.05) is 40.2 Å². The minimum absolute atomic E-state index is 0.119. The van der Waals surface area contributed by atoms with Crippen LogP contribution in [0.3, 0.4) is 0 Å². The summed E-state index contributed by atoms with van der Waals surface area (Å²) < 4.78 is 14.3. The van der Waals surface area contributed by atoms with E-state index in [2.05, 4.69) is 50.1 Å². The number of hydrogen-bond acceptors (Lipinski definition) is 4. The molecular weight excluding hydrogens is 406 g/mol. The SMILES string of the molecule is Brc1cc2c(cc1C1Nc3ccccc3-c3nc4ccccc4n31)OCO2. The van der Waals surface area contributed by atoms with E-state index in [0.29, 0.717) is 0 Å². The lowest BCUT2D eigenvalue weighted by Gasteiger charge is -2.31. The Hall–Kier alpha value is -2.99. The number of para-hydroxylation sites is 3. The molecule has 1 aromatic heterocycles. The van der Waals surface area contributed by atoms with Gasteiger partial charge in [-0.15, -0.1) is 0 Å². The summed E-state index contributed by atoms with van der Waals surface area (Å²) in [7, 11) is 0. The number of halogens is 1. The monoisotopic (exact) mass is 419 g/mol. The summed E-state index contributed by atoms with van der Waals surface area (Å²) in [6.45, 7) is 0.255. The highest BCUT2D eigenvalue weighted by molar-refractivity contribution is 9.10. The van der Waals surface area contributed by atoms with Crippen LogP contribution < -0.4 is 14.8 Å². The molecule has 1 unspecified atom stereocenters. The number of nitrogens with zero attached hydrogens (tertiary/aromatic N) is 2. The smallest absolute Gasteiger partial charge is 0.231 e. The number of rotatable bonds is 1. The summed E-state index contributed by atoms with van der Waals surface area (Å²) in [4.78, 5) is 4.92. The quantitative estimate of drug-likeness (QED) is 0.462. The normalized spacial score (nSPS) is 16.7. The van der Waals surface area contributed by atoms with E-state index in [4.69, 9.17) is 14.5 Å². The molecule has 0 fully saturated rings. The van der Waals surface area contributed by atoms with Gasteiger partial charge < -0.3 is 14.8 Å². The molecule has 3 aromatic carbocycles. The molecule has 6 heteroatoms. The summed E-state index contributed by atoms with van der Waals surface area (Å²) in [6, 6.07) is 20.5. The molecule has 0 amide bonds. The van der Waals surface area contributed by atoms with Crippen LogP contribution in [0.4, 0.5) is 5.69 Å². The maximum atomic E-state index is 5.62. The largest absolute Gasteiger partial charge is 0.454 e. The topological polar surface area (TPSA) is 48.3 Å². The summed E-state index contributed by atoms with van der Waals surface area (Å²) in [5.74, 6) is 2.48. The zero-order valence-corrected chi connectivity index (χ0v) is 15.7. The predicted molar refractivity (Wildman–Crippen MR) is 107 cm³/mol. The van der Waals surface area contributed by atoms with Gasteiger partial charge in [-0.25, -0.2) is 4.98 Å². The van der Waals surface area contributed by atoms with E-state index in [0.717, 1.165) is 49.6 Å². The lowest BCUT2D eigenvalue weighted by Crippen LogP contribution is -2.25. The van der Waals surface area contributed by atoms with Crippen LogP contribution in [0.15, 0.2) is 65.1 Å². The molecule has 5 nitrogen and oxygen atoms in total. The van der Waals surface area contributed by atoms with Crippen molar-refractivity contribution in [2.24, 2.45) is 0 Å². The molecule has 0 saturated heterocycles. The molecule has 2 aliphatic heterocycles. The van der Waals surface area contributed by atoms with Crippen LogP contribution in [0.5, 0.6) is 11.5 Å². The Kier molecular flexibility index (Phi) is 3.08. The number of nitrogens with one attached hydrogen (secondary N) is 1. The van der Waals surface area contributed by atoms with E-state index in [1.54, 1.807) is 0 Å². The second kappa shape index (κ2) is 5.50. The molecule has 0 saturated carbocycles. The van der Waals surface area contributed by atoms with E-state index >= 15 is 0 Å². The first-order valence-corrected chi connectivity index (χ1v) is 9.51. The zero-order valence-electron chi connectivity index (χ0n) is 14.1. The first-order chi connectivity index (χ1) is 13.3. The molecule has 0 aliphatic carbocycles. The van der Waals surface area contributed by atoms with Gasteiger partial charge in [0.1, 0.15) is 12.0 Å². The maximum absolute atomic E-state index is 5.62. The first-order valence-electron chi connectivity index (χ1n) is 8.71. The average Bonchev–Trinajstić information content (AvgIpc) is 3.31. The fraction of sp³-hybridized carbons (Fsp3) is 0.0952. The molecule has 132 valence electrons. The molecule has 0 spiro atoms. The minimum Gasteiger partial charge on any atom is -0.454 e. The summed E-state index contributed by atoms with van der Waals surface area (Å²) in [6.07, 6.45) is -0.119. The van der Waals surface area contributed by atoms with Crippen molar-refractivity contribution < 1.29 is 9.47 Å². The van der Waals surface area contributed by atoms with Crippen molar-refractivity contribution in [1.82, 2.24) is 9.55 Å². The number of imidazole rings is 1. The molecule has 0 radical (unpaired) electrons. The van der Waals surface area contributed by atoms with Crippen LogP contribution in [-0.2, 0) is 0 Å². The molecule has 27 heavy (non-hydrogen) atoms. The van der Waals surface area contributed by atoms with Crippen LogP contribution in [0.2, 0.25) is 0 Å². The molecule has 3 heterocycles. The highest BCUT2D eigenvalue weighted by Crippen LogP contribution is 2.45. The van der Waals surface area contributed by atoms with E-state index in [1.807, 2.05) is 36.4 Å². The van der Waals surface area contributed by atoms with Gasteiger partial charge in [0.05, 0.1) is 11.0 Å². The average molecular weight is 420 g/mol. The number of anilines is 1. The van der Waals surface area contributed by atoms with Crippen LogP contribution in [0, 0.1) is 0 Å². The van der Waals surface area contributed by atoms with Gasteiger partial charge in [0.2, 0.25) is 6.79 Å². The van der Waals surface area contributed by atoms with Crippen molar-refractivity contribution in [2.45, 2.75) is 6.17 Å². The van der Waals surface area contributed by atoms with Crippen molar-refractivity contribution in [2.75, 3.05) is 12.1 Å². The molecule has 1 atom stereocenters. The number of ether oxygens (including phenoxy) is 2. The Morgan fingerprint density at radius 1 is 1.00 bits per heavy atom. The van der Waals surface area contributed by atoms with Crippen LogP contribution >= 0.6 is 15.9 Å². The maximum Gasteiger partial charge on any atom is 0.231 e. The standard InChI is InChI=1S/C21H14BrN3O2/c22-14-10-19-18(26-11-27-19)9-13(14)21-23-15-6-2-1-5-12(15)20-24-16-7-3-4-8-17(16)25(20)21/h1-10,21,23H,11H2.